The lowest BCUT2D eigenvalue weighted by Crippen LogP contribution is -2.35. The number of hydrogen-bond acceptors (Lipinski definition) is 5. The molecular formula is C15H23N5O2. The molecule has 7 heteroatoms. The number of aryl methyl sites for hydroxylation is 1. The molecule has 1 unspecified atom stereocenters. The van der Waals surface area contributed by atoms with Crippen molar-refractivity contribution in [3.8, 4) is 0 Å². The third kappa shape index (κ3) is 3.73. The van der Waals surface area contributed by atoms with E-state index in [4.69, 9.17) is 4.42 Å². The Bertz CT molecular complexity index is 638. The van der Waals surface area contributed by atoms with Crippen molar-refractivity contribution in [3.63, 3.8) is 0 Å². The molecule has 0 fully saturated rings. The Kier molecular flexibility index (Phi) is 4.65. The molecule has 0 aliphatic rings. The zero-order valence-corrected chi connectivity index (χ0v) is 13.7. The summed E-state index contributed by atoms with van der Waals surface area (Å²) >= 11 is 0. The van der Waals surface area contributed by atoms with E-state index in [0.717, 1.165) is 11.3 Å². The van der Waals surface area contributed by atoms with Crippen molar-refractivity contribution in [2.75, 3.05) is 7.05 Å². The molecule has 0 aromatic carbocycles. The van der Waals surface area contributed by atoms with Crippen molar-refractivity contribution in [2.24, 2.45) is 7.05 Å². The molecule has 0 aliphatic heterocycles. The van der Waals surface area contributed by atoms with Crippen LogP contribution in [0.3, 0.4) is 0 Å². The summed E-state index contributed by atoms with van der Waals surface area (Å²) in [6.45, 7) is 6.41. The average molecular weight is 305 g/mol. The van der Waals surface area contributed by atoms with E-state index >= 15 is 0 Å². The van der Waals surface area contributed by atoms with Crippen LogP contribution >= 0.6 is 0 Å². The maximum absolute atomic E-state index is 12.3. The minimum atomic E-state index is -0.453. The van der Waals surface area contributed by atoms with Gasteiger partial charge in [0, 0.05) is 24.2 Å². The molecule has 0 radical (unpaired) electrons. The predicted molar refractivity (Wildman–Crippen MR) is 82.1 cm³/mol. The number of carbonyl (C=O) groups excluding carboxylic acids is 1. The highest BCUT2D eigenvalue weighted by Gasteiger charge is 2.22. The van der Waals surface area contributed by atoms with Crippen LogP contribution in [-0.2, 0) is 23.8 Å². The van der Waals surface area contributed by atoms with Crippen LogP contribution in [0.25, 0.3) is 0 Å². The summed E-state index contributed by atoms with van der Waals surface area (Å²) in [5, 5.41) is 9.89. The van der Waals surface area contributed by atoms with Crippen LogP contribution in [0.5, 0.6) is 0 Å². The van der Waals surface area contributed by atoms with Gasteiger partial charge in [-0.15, -0.1) is 0 Å². The number of likely N-dealkylation sites (N-methyl/N-ethyl adjacent to an activating group) is 1. The fraction of sp³-hybridized carbons (Fsp3) is 0.533. The number of nitrogens with zero attached hydrogens (tertiary/aromatic N) is 3. The van der Waals surface area contributed by atoms with Gasteiger partial charge in [0.05, 0.1) is 18.9 Å². The van der Waals surface area contributed by atoms with Crippen molar-refractivity contribution in [3.05, 3.63) is 35.8 Å². The molecule has 120 valence electrons. The van der Waals surface area contributed by atoms with Gasteiger partial charge in [0.1, 0.15) is 11.8 Å². The zero-order valence-electron chi connectivity index (χ0n) is 13.7. The lowest BCUT2D eigenvalue weighted by Gasteiger charge is -2.14. The Morgan fingerprint density at radius 1 is 1.41 bits per heavy atom. The zero-order chi connectivity index (χ0) is 16.3. The van der Waals surface area contributed by atoms with Crippen LogP contribution in [0, 0.1) is 0 Å². The first kappa shape index (κ1) is 16.2. The number of oxazole rings is 1. The topological polar surface area (TPSA) is 85.0 Å². The monoisotopic (exact) mass is 305 g/mol. The van der Waals surface area contributed by atoms with Gasteiger partial charge in [-0.3, -0.25) is 9.48 Å². The number of carbonyl (C=O) groups is 1. The molecule has 2 rings (SSSR count). The summed E-state index contributed by atoms with van der Waals surface area (Å²) in [7, 11) is 3.55. The molecule has 7 nitrogen and oxygen atoms in total. The van der Waals surface area contributed by atoms with Gasteiger partial charge in [0.15, 0.2) is 0 Å². The second-order valence-electron chi connectivity index (χ2n) is 6.26. The van der Waals surface area contributed by atoms with Gasteiger partial charge < -0.3 is 15.1 Å². The minimum Gasteiger partial charge on any atom is -0.443 e. The van der Waals surface area contributed by atoms with Crippen molar-refractivity contribution < 1.29 is 9.21 Å². The standard InChI is InChI=1S/C15H23N5O2/c1-15(2,3)11-7-17-12(22-11)8-18-14(21)13(16-4)10-6-19-20(5)9-10/h6-7,9,13,16H,8H2,1-5H3,(H,18,21). The highest BCUT2D eigenvalue weighted by atomic mass is 16.4. The van der Waals surface area contributed by atoms with E-state index in [2.05, 4.69) is 41.5 Å². The Labute approximate surface area is 130 Å². The third-order valence-corrected chi connectivity index (χ3v) is 3.32. The van der Waals surface area contributed by atoms with E-state index in [1.807, 2.05) is 13.2 Å². The molecule has 2 aromatic rings. The molecule has 0 spiro atoms. The van der Waals surface area contributed by atoms with Crippen LogP contribution < -0.4 is 10.6 Å². The quantitative estimate of drug-likeness (QED) is 0.869. The second-order valence-corrected chi connectivity index (χ2v) is 6.26. The van der Waals surface area contributed by atoms with Gasteiger partial charge in [-0.1, -0.05) is 20.8 Å². The molecule has 2 heterocycles. The van der Waals surface area contributed by atoms with E-state index in [-0.39, 0.29) is 17.9 Å². The van der Waals surface area contributed by atoms with Crippen LogP contribution in [0.15, 0.2) is 23.0 Å². The van der Waals surface area contributed by atoms with Gasteiger partial charge in [-0.2, -0.15) is 5.10 Å². The fourth-order valence-electron chi connectivity index (χ4n) is 2.04. The fourth-order valence-corrected chi connectivity index (χ4v) is 2.04. The molecule has 1 atom stereocenters. The number of hydrogen-bond donors (Lipinski definition) is 2. The number of amides is 1. The first-order valence-electron chi connectivity index (χ1n) is 7.20. The maximum atomic E-state index is 12.3. The summed E-state index contributed by atoms with van der Waals surface area (Å²) in [5.74, 6) is 1.15. The lowest BCUT2D eigenvalue weighted by molar-refractivity contribution is -0.123. The Morgan fingerprint density at radius 3 is 2.64 bits per heavy atom. The van der Waals surface area contributed by atoms with Gasteiger partial charge in [-0.25, -0.2) is 4.98 Å². The highest BCUT2D eigenvalue weighted by molar-refractivity contribution is 5.82. The van der Waals surface area contributed by atoms with E-state index in [0.29, 0.717) is 5.89 Å². The summed E-state index contributed by atoms with van der Waals surface area (Å²) in [6.07, 6.45) is 5.19. The van der Waals surface area contributed by atoms with Crippen LogP contribution in [0.2, 0.25) is 0 Å². The van der Waals surface area contributed by atoms with Crippen LogP contribution in [0.1, 0.15) is 44.0 Å². The molecule has 0 saturated heterocycles. The van der Waals surface area contributed by atoms with Gasteiger partial charge >= 0.3 is 0 Å². The molecule has 2 aromatic heterocycles. The average Bonchev–Trinajstić information content (AvgIpc) is 3.06. The van der Waals surface area contributed by atoms with Gasteiger partial charge in [-0.05, 0) is 7.05 Å². The summed E-state index contributed by atoms with van der Waals surface area (Å²) in [5.41, 5.74) is 0.712. The molecular weight excluding hydrogens is 282 g/mol. The van der Waals surface area contributed by atoms with E-state index < -0.39 is 6.04 Å². The Morgan fingerprint density at radius 2 is 2.14 bits per heavy atom. The van der Waals surface area contributed by atoms with Crippen molar-refractivity contribution >= 4 is 5.91 Å². The number of nitrogens with one attached hydrogen (secondary N) is 2. The van der Waals surface area contributed by atoms with Gasteiger partial charge in [0.25, 0.3) is 0 Å². The van der Waals surface area contributed by atoms with Crippen molar-refractivity contribution in [2.45, 2.75) is 38.8 Å². The first-order chi connectivity index (χ1) is 10.3. The van der Waals surface area contributed by atoms with Crippen molar-refractivity contribution in [1.82, 2.24) is 25.4 Å². The minimum absolute atomic E-state index is 0.0987. The van der Waals surface area contributed by atoms with E-state index in [1.165, 1.54) is 0 Å². The molecule has 0 bridgehead atoms. The number of aromatic nitrogens is 3. The first-order valence-corrected chi connectivity index (χ1v) is 7.20. The van der Waals surface area contributed by atoms with Crippen LogP contribution in [0.4, 0.5) is 0 Å². The van der Waals surface area contributed by atoms with E-state index in [9.17, 15) is 4.79 Å². The number of rotatable bonds is 5. The van der Waals surface area contributed by atoms with E-state index in [1.54, 1.807) is 24.1 Å². The predicted octanol–water partition coefficient (Wildman–Crippen LogP) is 1.28. The summed E-state index contributed by atoms with van der Waals surface area (Å²) in [4.78, 5) is 16.5. The molecule has 0 saturated carbocycles. The second kappa shape index (κ2) is 6.31. The highest BCUT2D eigenvalue weighted by Crippen LogP contribution is 2.22. The molecule has 1 amide bonds. The molecule has 2 N–H and O–H groups in total. The Hall–Kier alpha value is -2.15. The van der Waals surface area contributed by atoms with Crippen molar-refractivity contribution in [1.29, 1.82) is 0 Å². The SMILES string of the molecule is CNC(C(=O)NCc1ncc(C(C)(C)C)o1)c1cnn(C)c1. The normalized spacial score (nSPS) is 13.1. The third-order valence-electron chi connectivity index (χ3n) is 3.32. The Balaban J connectivity index is 1.98. The molecule has 0 aliphatic carbocycles. The summed E-state index contributed by atoms with van der Waals surface area (Å²) < 4.78 is 7.32. The lowest BCUT2D eigenvalue weighted by atomic mass is 9.94. The van der Waals surface area contributed by atoms with Crippen LogP contribution in [-0.4, -0.2) is 27.7 Å². The van der Waals surface area contributed by atoms with Gasteiger partial charge in [0.2, 0.25) is 11.8 Å². The smallest absolute Gasteiger partial charge is 0.242 e. The molecule has 22 heavy (non-hydrogen) atoms. The maximum Gasteiger partial charge on any atom is 0.242 e. The largest absolute Gasteiger partial charge is 0.443 e. The summed E-state index contributed by atoms with van der Waals surface area (Å²) in [6, 6.07) is -0.453.